The van der Waals surface area contributed by atoms with Gasteiger partial charge in [-0.15, -0.1) is 0 Å². The standard InChI is InChI=1S/C19H32N2O2/c1-15(2)13-16-7-9-17(10-8-16)14-20-11-12-21(6)18(22)23-19(3,4)5/h7-10,15,20H,11-14H2,1-6H3. The van der Waals surface area contributed by atoms with Gasteiger partial charge in [0.15, 0.2) is 0 Å². The predicted molar refractivity (Wildman–Crippen MR) is 95.6 cm³/mol. The number of hydrogen-bond acceptors (Lipinski definition) is 3. The van der Waals surface area contributed by atoms with E-state index in [4.69, 9.17) is 4.74 Å². The van der Waals surface area contributed by atoms with Gasteiger partial charge < -0.3 is 15.0 Å². The smallest absolute Gasteiger partial charge is 0.410 e. The molecule has 4 heteroatoms. The van der Waals surface area contributed by atoms with Gasteiger partial charge in [-0.2, -0.15) is 0 Å². The molecule has 0 fully saturated rings. The maximum atomic E-state index is 11.8. The van der Waals surface area contributed by atoms with Crippen LogP contribution in [-0.4, -0.2) is 36.7 Å². The molecule has 1 rings (SSSR count). The molecule has 0 atom stereocenters. The zero-order valence-electron chi connectivity index (χ0n) is 15.5. The third-order valence-electron chi connectivity index (χ3n) is 3.33. The molecule has 23 heavy (non-hydrogen) atoms. The minimum Gasteiger partial charge on any atom is -0.444 e. The Kier molecular flexibility index (Phi) is 7.56. The molecule has 130 valence electrons. The van der Waals surface area contributed by atoms with E-state index < -0.39 is 5.60 Å². The Morgan fingerprint density at radius 2 is 1.74 bits per heavy atom. The molecule has 1 aromatic carbocycles. The van der Waals surface area contributed by atoms with Crippen molar-refractivity contribution in [1.29, 1.82) is 0 Å². The molecule has 0 aromatic heterocycles. The van der Waals surface area contributed by atoms with Crippen LogP contribution in [0.4, 0.5) is 4.79 Å². The number of carbonyl (C=O) groups excluding carboxylic acids is 1. The van der Waals surface area contributed by atoms with Gasteiger partial charge in [0.1, 0.15) is 5.60 Å². The van der Waals surface area contributed by atoms with E-state index >= 15 is 0 Å². The molecule has 0 aliphatic rings. The zero-order valence-corrected chi connectivity index (χ0v) is 15.5. The van der Waals surface area contributed by atoms with Gasteiger partial charge in [0.25, 0.3) is 0 Å². The van der Waals surface area contributed by atoms with E-state index in [-0.39, 0.29) is 6.09 Å². The van der Waals surface area contributed by atoms with Crippen LogP contribution in [-0.2, 0) is 17.7 Å². The van der Waals surface area contributed by atoms with Gasteiger partial charge in [-0.25, -0.2) is 4.79 Å². The van der Waals surface area contributed by atoms with Gasteiger partial charge in [-0.3, -0.25) is 0 Å². The fourth-order valence-electron chi connectivity index (χ4n) is 2.18. The highest BCUT2D eigenvalue weighted by Gasteiger charge is 2.18. The van der Waals surface area contributed by atoms with Crippen LogP contribution in [0, 0.1) is 5.92 Å². The van der Waals surface area contributed by atoms with E-state index in [2.05, 4.69) is 43.4 Å². The summed E-state index contributed by atoms with van der Waals surface area (Å²) in [4.78, 5) is 13.4. The van der Waals surface area contributed by atoms with Gasteiger partial charge in [0.2, 0.25) is 0 Å². The highest BCUT2D eigenvalue weighted by Crippen LogP contribution is 2.10. The van der Waals surface area contributed by atoms with E-state index in [0.717, 1.165) is 19.5 Å². The Hall–Kier alpha value is -1.55. The van der Waals surface area contributed by atoms with Crippen LogP contribution in [0.5, 0.6) is 0 Å². The quantitative estimate of drug-likeness (QED) is 0.776. The Morgan fingerprint density at radius 1 is 1.17 bits per heavy atom. The van der Waals surface area contributed by atoms with Crippen LogP contribution in [0.25, 0.3) is 0 Å². The van der Waals surface area contributed by atoms with Crippen LogP contribution in [0.3, 0.4) is 0 Å². The normalized spacial score (nSPS) is 11.6. The number of benzene rings is 1. The summed E-state index contributed by atoms with van der Waals surface area (Å²) in [7, 11) is 1.76. The van der Waals surface area contributed by atoms with Gasteiger partial charge in [0.05, 0.1) is 0 Å². The summed E-state index contributed by atoms with van der Waals surface area (Å²) in [6.07, 6.45) is 0.839. The van der Waals surface area contributed by atoms with E-state index in [1.54, 1.807) is 11.9 Å². The van der Waals surface area contributed by atoms with Gasteiger partial charge in [0, 0.05) is 26.7 Å². The third-order valence-corrected chi connectivity index (χ3v) is 3.33. The van der Waals surface area contributed by atoms with E-state index in [9.17, 15) is 4.79 Å². The minimum absolute atomic E-state index is 0.280. The van der Waals surface area contributed by atoms with Crippen LogP contribution in [0.2, 0.25) is 0 Å². The number of likely N-dealkylation sites (N-methyl/N-ethyl adjacent to an activating group) is 1. The van der Waals surface area contributed by atoms with Crippen molar-refractivity contribution < 1.29 is 9.53 Å². The topological polar surface area (TPSA) is 41.6 Å². The first-order chi connectivity index (χ1) is 10.7. The van der Waals surface area contributed by atoms with Crippen molar-refractivity contribution in [3.05, 3.63) is 35.4 Å². The molecule has 1 N–H and O–H groups in total. The molecule has 1 aromatic rings. The monoisotopic (exact) mass is 320 g/mol. The SMILES string of the molecule is CC(C)Cc1ccc(CNCCN(C)C(=O)OC(C)(C)C)cc1. The summed E-state index contributed by atoms with van der Waals surface area (Å²) in [5.74, 6) is 0.683. The number of nitrogens with zero attached hydrogens (tertiary/aromatic N) is 1. The molecule has 0 aliphatic carbocycles. The number of nitrogens with one attached hydrogen (secondary N) is 1. The van der Waals surface area contributed by atoms with Gasteiger partial charge in [-0.1, -0.05) is 38.1 Å². The highest BCUT2D eigenvalue weighted by atomic mass is 16.6. The van der Waals surface area contributed by atoms with Crippen LogP contribution in [0.1, 0.15) is 45.7 Å². The molecule has 0 heterocycles. The Morgan fingerprint density at radius 3 is 2.26 bits per heavy atom. The second kappa shape index (κ2) is 8.92. The fraction of sp³-hybridized carbons (Fsp3) is 0.632. The van der Waals surface area contributed by atoms with Crippen molar-refractivity contribution in [3.63, 3.8) is 0 Å². The van der Waals surface area contributed by atoms with Crippen molar-refractivity contribution in [3.8, 4) is 0 Å². The molecule has 0 unspecified atom stereocenters. The van der Waals surface area contributed by atoms with Crippen LogP contribution < -0.4 is 5.32 Å². The molecule has 0 spiro atoms. The van der Waals surface area contributed by atoms with E-state index in [1.807, 2.05) is 20.8 Å². The Bertz CT molecular complexity index is 475. The molecule has 0 aliphatic heterocycles. The second-order valence-electron chi connectivity index (χ2n) is 7.49. The van der Waals surface area contributed by atoms with Crippen molar-refractivity contribution >= 4 is 6.09 Å². The molecular weight excluding hydrogens is 288 g/mol. The number of ether oxygens (including phenoxy) is 1. The lowest BCUT2D eigenvalue weighted by Crippen LogP contribution is -2.37. The van der Waals surface area contributed by atoms with Gasteiger partial charge >= 0.3 is 6.09 Å². The minimum atomic E-state index is -0.448. The Balaban J connectivity index is 2.27. The first kappa shape index (κ1) is 19.5. The largest absolute Gasteiger partial charge is 0.444 e. The van der Waals surface area contributed by atoms with Crippen molar-refractivity contribution in [1.82, 2.24) is 10.2 Å². The lowest BCUT2D eigenvalue weighted by atomic mass is 10.0. The molecular formula is C19H32N2O2. The summed E-state index contributed by atoms with van der Waals surface area (Å²) >= 11 is 0. The van der Waals surface area contributed by atoms with Crippen LogP contribution in [0.15, 0.2) is 24.3 Å². The summed E-state index contributed by atoms with van der Waals surface area (Å²) in [5, 5.41) is 3.36. The molecule has 0 saturated heterocycles. The zero-order chi connectivity index (χ0) is 17.5. The molecule has 0 saturated carbocycles. The molecule has 0 radical (unpaired) electrons. The van der Waals surface area contributed by atoms with Crippen molar-refractivity contribution in [2.45, 2.75) is 53.2 Å². The van der Waals surface area contributed by atoms with Crippen molar-refractivity contribution in [2.24, 2.45) is 5.92 Å². The average molecular weight is 320 g/mol. The molecule has 1 amide bonds. The molecule has 0 bridgehead atoms. The second-order valence-corrected chi connectivity index (χ2v) is 7.49. The summed E-state index contributed by atoms with van der Waals surface area (Å²) in [6.45, 7) is 12.3. The maximum absolute atomic E-state index is 11.8. The number of amides is 1. The van der Waals surface area contributed by atoms with Crippen molar-refractivity contribution in [2.75, 3.05) is 20.1 Å². The summed E-state index contributed by atoms with van der Waals surface area (Å²) in [6, 6.07) is 8.73. The first-order valence-electron chi connectivity index (χ1n) is 8.40. The number of carbonyl (C=O) groups is 1. The molecule has 4 nitrogen and oxygen atoms in total. The Labute approximate surface area is 141 Å². The number of hydrogen-bond donors (Lipinski definition) is 1. The van der Waals surface area contributed by atoms with Crippen LogP contribution >= 0.6 is 0 Å². The highest BCUT2D eigenvalue weighted by molar-refractivity contribution is 5.67. The number of rotatable bonds is 7. The summed E-state index contributed by atoms with van der Waals surface area (Å²) < 4.78 is 5.32. The fourth-order valence-corrected chi connectivity index (χ4v) is 2.18. The lowest BCUT2D eigenvalue weighted by Gasteiger charge is -2.24. The van der Waals surface area contributed by atoms with E-state index in [0.29, 0.717) is 12.5 Å². The lowest BCUT2D eigenvalue weighted by molar-refractivity contribution is 0.0300. The first-order valence-corrected chi connectivity index (χ1v) is 8.40. The van der Waals surface area contributed by atoms with E-state index in [1.165, 1.54) is 11.1 Å². The predicted octanol–water partition coefficient (Wildman–Crippen LogP) is 3.84. The third kappa shape index (κ3) is 8.60. The maximum Gasteiger partial charge on any atom is 0.410 e. The summed E-state index contributed by atoms with van der Waals surface area (Å²) in [5.41, 5.74) is 2.20. The van der Waals surface area contributed by atoms with Gasteiger partial charge in [-0.05, 0) is 44.2 Å². The average Bonchev–Trinajstić information content (AvgIpc) is 2.42.